The van der Waals surface area contributed by atoms with E-state index in [1.54, 1.807) is 6.07 Å². The molecule has 0 aromatic heterocycles. The molecule has 0 radical (unpaired) electrons. The van der Waals surface area contributed by atoms with E-state index in [2.05, 4.69) is 19.7 Å². The Morgan fingerprint density at radius 1 is 0.660 bits per heavy atom. The number of rotatable bonds is 12. The molecule has 47 heavy (non-hydrogen) atoms. The van der Waals surface area contributed by atoms with Gasteiger partial charge in [-0.2, -0.15) is 0 Å². The predicted octanol–water partition coefficient (Wildman–Crippen LogP) is 7.50. The van der Waals surface area contributed by atoms with E-state index < -0.39 is 35.5 Å². The van der Waals surface area contributed by atoms with E-state index in [0.717, 1.165) is 12.2 Å². The van der Waals surface area contributed by atoms with E-state index in [1.165, 1.54) is 79.7 Å². The molecule has 0 N–H and O–H groups in total. The van der Waals surface area contributed by atoms with E-state index in [9.17, 15) is 19.2 Å². The predicted molar refractivity (Wildman–Crippen MR) is 170 cm³/mol. The minimum absolute atomic E-state index is 0.00584. The topological polar surface area (TPSA) is 105 Å². The summed E-state index contributed by atoms with van der Waals surface area (Å²) in [6, 6.07) is 19.2. The van der Waals surface area contributed by atoms with Crippen molar-refractivity contribution in [3.8, 4) is 45.3 Å². The van der Waals surface area contributed by atoms with E-state index in [1.807, 2.05) is 0 Å². The number of esters is 4. The SMILES string of the molecule is C=CC(=O)Oc1ccc(CCC(=O)Oc2ccc(-c3ccc(-c4ccc(OC(=O)C(=C)C)cc4)c(F)c3F)cc2)cc1OC(=O)C=C. The second-order valence-electron chi connectivity index (χ2n) is 10.0. The lowest BCUT2D eigenvalue weighted by Crippen LogP contribution is -2.10. The fourth-order valence-electron chi connectivity index (χ4n) is 4.20. The van der Waals surface area contributed by atoms with Gasteiger partial charge in [-0.1, -0.05) is 62.2 Å². The molecule has 0 aliphatic heterocycles. The summed E-state index contributed by atoms with van der Waals surface area (Å²) in [4.78, 5) is 47.6. The zero-order valence-electron chi connectivity index (χ0n) is 25.2. The summed E-state index contributed by atoms with van der Waals surface area (Å²) in [6.07, 6.45) is 2.05. The molecular formula is C37H28F2O8. The molecule has 4 aromatic rings. The van der Waals surface area contributed by atoms with E-state index in [0.29, 0.717) is 16.7 Å². The molecule has 0 saturated carbocycles. The first-order valence-electron chi connectivity index (χ1n) is 14.1. The Morgan fingerprint density at radius 3 is 1.64 bits per heavy atom. The van der Waals surface area contributed by atoms with Gasteiger partial charge in [-0.05, 0) is 66.4 Å². The van der Waals surface area contributed by atoms with Gasteiger partial charge in [-0.25, -0.2) is 23.2 Å². The van der Waals surface area contributed by atoms with E-state index in [4.69, 9.17) is 18.9 Å². The van der Waals surface area contributed by atoms with Crippen LogP contribution in [0, 0.1) is 11.6 Å². The normalized spacial score (nSPS) is 10.4. The van der Waals surface area contributed by atoms with Gasteiger partial charge in [0.05, 0.1) is 0 Å². The van der Waals surface area contributed by atoms with Crippen LogP contribution in [0.4, 0.5) is 8.78 Å². The maximum Gasteiger partial charge on any atom is 0.338 e. The molecule has 10 heteroatoms. The third kappa shape index (κ3) is 8.73. The molecule has 0 atom stereocenters. The molecule has 0 amide bonds. The summed E-state index contributed by atoms with van der Waals surface area (Å²) in [5.41, 5.74) is 1.58. The Labute approximate surface area is 269 Å². The van der Waals surface area contributed by atoms with Crippen molar-refractivity contribution in [2.24, 2.45) is 0 Å². The largest absolute Gasteiger partial charge is 0.427 e. The van der Waals surface area contributed by atoms with Gasteiger partial charge >= 0.3 is 23.9 Å². The van der Waals surface area contributed by atoms with Crippen LogP contribution in [-0.4, -0.2) is 23.9 Å². The Morgan fingerprint density at radius 2 is 1.15 bits per heavy atom. The zero-order chi connectivity index (χ0) is 34.1. The van der Waals surface area contributed by atoms with Gasteiger partial charge < -0.3 is 18.9 Å². The third-order valence-corrected chi connectivity index (χ3v) is 6.58. The van der Waals surface area contributed by atoms with Crippen LogP contribution in [0.2, 0.25) is 0 Å². The van der Waals surface area contributed by atoms with Crippen molar-refractivity contribution < 1.29 is 46.9 Å². The molecule has 4 rings (SSSR count). The molecule has 0 bridgehead atoms. The third-order valence-electron chi connectivity index (χ3n) is 6.58. The summed E-state index contributed by atoms with van der Waals surface area (Å²) in [5.74, 6) is -4.43. The van der Waals surface area contributed by atoms with Crippen molar-refractivity contribution in [3.05, 3.63) is 134 Å². The lowest BCUT2D eigenvalue weighted by molar-refractivity contribution is -0.134. The van der Waals surface area contributed by atoms with Crippen LogP contribution in [-0.2, 0) is 25.6 Å². The molecule has 0 fully saturated rings. The van der Waals surface area contributed by atoms with Crippen LogP contribution >= 0.6 is 0 Å². The summed E-state index contributed by atoms with van der Waals surface area (Å²) >= 11 is 0. The first-order chi connectivity index (χ1) is 22.5. The van der Waals surface area contributed by atoms with Crippen molar-refractivity contribution in [3.63, 3.8) is 0 Å². The standard InChI is InChI=1S/C37H28F2O8/c1-5-32(40)46-30-19-7-23(21-31(30)47-33(41)6-2)8-20-34(42)44-26-13-9-24(10-14-26)28-17-18-29(36(39)35(28)38)25-11-15-27(16-12-25)45-37(43)22(3)4/h5-7,9-19,21H,1-3,8,20H2,4H3. The first kappa shape index (κ1) is 33.7. The highest BCUT2D eigenvalue weighted by Gasteiger charge is 2.18. The lowest BCUT2D eigenvalue weighted by Gasteiger charge is -2.11. The Kier molecular flexibility index (Phi) is 10.9. The van der Waals surface area contributed by atoms with E-state index >= 15 is 8.78 Å². The van der Waals surface area contributed by atoms with Crippen LogP contribution in [0.1, 0.15) is 18.9 Å². The number of ether oxygens (including phenoxy) is 4. The maximum absolute atomic E-state index is 15.2. The number of hydrogen-bond donors (Lipinski definition) is 0. The quantitative estimate of drug-likeness (QED) is 0.0893. The number of carbonyl (C=O) groups is 4. The van der Waals surface area contributed by atoms with Gasteiger partial charge in [-0.15, -0.1) is 0 Å². The van der Waals surface area contributed by atoms with Gasteiger partial charge in [0, 0.05) is 35.3 Å². The van der Waals surface area contributed by atoms with Crippen molar-refractivity contribution in [1.29, 1.82) is 0 Å². The Balaban J connectivity index is 1.40. The van der Waals surface area contributed by atoms with Crippen molar-refractivity contribution in [2.45, 2.75) is 19.8 Å². The number of benzene rings is 4. The van der Waals surface area contributed by atoms with Gasteiger partial charge in [0.25, 0.3) is 0 Å². The zero-order valence-corrected chi connectivity index (χ0v) is 25.2. The number of carbonyl (C=O) groups excluding carboxylic acids is 4. The average Bonchev–Trinajstić information content (AvgIpc) is 3.06. The fourth-order valence-corrected chi connectivity index (χ4v) is 4.20. The molecule has 0 aliphatic carbocycles. The molecule has 238 valence electrons. The summed E-state index contributed by atoms with van der Waals surface area (Å²) in [7, 11) is 0. The lowest BCUT2D eigenvalue weighted by atomic mass is 9.98. The fraction of sp³-hybridized carbons (Fsp3) is 0.0811. The van der Waals surface area contributed by atoms with Gasteiger partial charge in [0.15, 0.2) is 23.1 Å². The van der Waals surface area contributed by atoms with Gasteiger partial charge in [0.2, 0.25) is 0 Å². The van der Waals surface area contributed by atoms with Crippen LogP contribution in [0.25, 0.3) is 22.3 Å². The number of hydrogen-bond acceptors (Lipinski definition) is 8. The summed E-state index contributed by atoms with van der Waals surface area (Å²) < 4.78 is 51.0. The molecule has 8 nitrogen and oxygen atoms in total. The summed E-state index contributed by atoms with van der Waals surface area (Å²) in [5, 5.41) is 0. The second-order valence-corrected chi connectivity index (χ2v) is 10.0. The highest BCUT2D eigenvalue weighted by molar-refractivity contribution is 5.89. The van der Waals surface area contributed by atoms with Crippen LogP contribution in [0.15, 0.2) is 116 Å². The Bertz CT molecular complexity index is 1880. The molecule has 0 aliphatic rings. The smallest absolute Gasteiger partial charge is 0.338 e. The minimum Gasteiger partial charge on any atom is -0.427 e. The molecule has 0 heterocycles. The number of halogens is 2. The summed E-state index contributed by atoms with van der Waals surface area (Å²) in [6.45, 7) is 11.7. The minimum atomic E-state index is -1.06. The molecule has 0 unspecified atom stereocenters. The second kappa shape index (κ2) is 15.2. The molecule has 0 spiro atoms. The van der Waals surface area contributed by atoms with Crippen LogP contribution in [0.5, 0.6) is 23.0 Å². The molecule has 4 aromatic carbocycles. The van der Waals surface area contributed by atoms with Crippen LogP contribution < -0.4 is 18.9 Å². The highest BCUT2D eigenvalue weighted by Crippen LogP contribution is 2.33. The molecule has 0 saturated heterocycles. The van der Waals surface area contributed by atoms with Crippen LogP contribution in [0.3, 0.4) is 0 Å². The first-order valence-corrected chi connectivity index (χ1v) is 14.1. The van der Waals surface area contributed by atoms with Crippen molar-refractivity contribution >= 4 is 23.9 Å². The van der Waals surface area contributed by atoms with Crippen molar-refractivity contribution in [1.82, 2.24) is 0 Å². The van der Waals surface area contributed by atoms with E-state index in [-0.39, 0.29) is 52.5 Å². The monoisotopic (exact) mass is 638 g/mol. The maximum atomic E-state index is 15.2. The van der Waals surface area contributed by atoms with Gasteiger partial charge in [-0.3, -0.25) is 4.79 Å². The van der Waals surface area contributed by atoms with Crippen molar-refractivity contribution in [2.75, 3.05) is 0 Å². The average molecular weight is 639 g/mol. The number of aryl methyl sites for hydroxylation is 1. The highest BCUT2D eigenvalue weighted by atomic mass is 19.2. The Hall–Kier alpha value is -6.16. The van der Waals surface area contributed by atoms with Gasteiger partial charge in [0.1, 0.15) is 11.5 Å². The molecular weight excluding hydrogens is 610 g/mol.